The molecule has 7 aliphatic rings. The lowest BCUT2D eigenvalue weighted by atomic mass is 9.78. The number of nitrogen functional groups attached to an aromatic ring is 1. The molecule has 0 radical (unpaired) electrons. The molecule has 4 amide bonds. The number of ketones is 7. The second kappa shape index (κ2) is 35.0. The van der Waals surface area contributed by atoms with Crippen molar-refractivity contribution in [2.24, 2.45) is 11.8 Å². The first-order valence-corrected chi connectivity index (χ1v) is 36.1. The highest BCUT2D eigenvalue weighted by molar-refractivity contribution is 6.10. The summed E-state index contributed by atoms with van der Waals surface area (Å²) in [6.45, 7) is 18.6. The Morgan fingerprint density at radius 2 is 0.861 bits per heavy atom. The van der Waals surface area contributed by atoms with Crippen LogP contribution in [0.4, 0.5) is 50.4 Å². The van der Waals surface area contributed by atoms with Crippen molar-refractivity contribution in [2.45, 2.75) is 217 Å². The summed E-state index contributed by atoms with van der Waals surface area (Å²) in [7, 11) is 0. The molecule has 2 aliphatic heterocycles. The van der Waals surface area contributed by atoms with E-state index in [-0.39, 0.29) is 159 Å². The standard InChI is InChI=1S/C16H18FNO3.C14H16FNO2.2C13H14FNO2.C13H16FNO.C13H13NO5/c1-8(19)6-11-4-5-12-9(2)13(17)7-14(18-10(3)20)15(12)16(11)21;1-7(17)5-9-3-4-10-8(2)11(15)6-12(16)13(10)14(9)18;1-7-10(14)6-11(15-8(2)16)9-4-3-5-12(17)13(7)9;1-7-9-4-3-5-12(17)13(9)11(6-10(7)14)15-8(2)16;1-8-10-5-3-4-6-11(10)13(7-12(8)14)15-9(2)16;1-2-13(18)8-5-9-10(15)3-4-14(9)11(16)7(8)6-19-12(13)17/h7,11H,4-6H2,1-3H3,(H,18,20);6,9H,3-5,16H2,1-2H3;2*6H,3-5H2,1-2H3,(H,15,16);7H,3-6H2,1-2H3,(H,15,16);5,18H,2-4,6H2,1H3/t;;;;;13-/m.....0/s1. The van der Waals surface area contributed by atoms with Gasteiger partial charge in [-0.1, -0.05) is 6.92 Å². The zero-order chi connectivity index (χ0) is 79.8. The average molecular weight is 1500 g/mol. The highest BCUT2D eigenvalue weighted by atomic mass is 19.1. The molecule has 0 bridgehead atoms. The van der Waals surface area contributed by atoms with Crippen LogP contribution in [-0.4, -0.2) is 79.8 Å². The van der Waals surface area contributed by atoms with Crippen LogP contribution in [0.25, 0.3) is 0 Å². The lowest BCUT2D eigenvalue weighted by molar-refractivity contribution is -0.172. The molecule has 1 aromatic heterocycles. The van der Waals surface area contributed by atoms with Gasteiger partial charge in [0.25, 0.3) is 5.56 Å². The van der Waals surface area contributed by atoms with E-state index in [1.54, 1.807) is 34.6 Å². The third-order valence-electron chi connectivity index (χ3n) is 20.6. The van der Waals surface area contributed by atoms with Crippen LogP contribution in [0, 0.1) is 75.5 Å². The number of cyclic esters (lactones) is 1. The number of benzene rings is 5. The topological polar surface area (TPSA) is 330 Å². The molecule has 2 unspecified atom stereocenters. The fraction of sp³-hybridized carbons (Fsp3) is 0.427. The van der Waals surface area contributed by atoms with Crippen molar-refractivity contribution in [3.63, 3.8) is 0 Å². The molecule has 0 spiro atoms. The Morgan fingerprint density at radius 3 is 1.36 bits per heavy atom. The number of pyridine rings is 1. The molecule has 3 atom stereocenters. The minimum atomic E-state index is -1.83. The number of Topliss-reactive ketones (excluding diaryl/α,β-unsaturated/α-hetero) is 7. The van der Waals surface area contributed by atoms with Crippen molar-refractivity contribution in [3.8, 4) is 0 Å². The van der Waals surface area contributed by atoms with Gasteiger partial charge >= 0.3 is 5.97 Å². The lowest BCUT2D eigenvalue weighted by Crippen LogP contribution is -2.44. The highest BCUT2D eigenvalue weighted by Gasteiger charge is 2.46. The van der Waals surface area contributed by atoms with Crippen LogP contribution < -0.4 is 32.6 Å². The van der Waals surface area contributed by atoms with Crippen LogP contribution in [0.3, 0.4) is 0 Å². The number of anilines is 5. The minimum absolute atomic E-state index is 0.00537. The summed E-state index contributed by atoms with van der Waals surface area (Å²) < 4.78 is 74.8. The molecular weight excluding hydrogens is 1400 g/mol. The van der Waals surface area contributed by atoms with Gasteiger partial charge in [0.05, 0.1) is 22.6 Å². The number of rotatable bonds is 9. The van der Waals surface area contributed by atoms with Gasteiger partial charge in [-0.25, -0.2) is 26.7 Å². The van der Waals surface area contributed by atoms with Crippen LogP contribution in [0.15, 0.2) is 41.2 Å². The number of carbonyl (C=O) groups is 12. The van der Waals surface area contributed by atoms with Gasteiger partial charge in [-0.05, 0) is 230 Å². The molecule has 13 rings (SSSR count). The van der Waals surface area contributed by atoms with E-state index in [0.29, 0.717) is 131 Å². The number of ether oxygens (including phenoxy) is 1. The Labute approximate surface area is 622 Å². The van der Waals surface area contributed by atoms with Crippen molar-refractivity contribution in [1.29, 1.82) is 0 Å². The van der Waals surface area contributed by atoms with Gasteiger partial charge in [0.15, 0.2) is 34.5 Å². The molecule has 3 heterocycles. The van der Waals surface area contributed by atoms with Crippen LogP contribution in [0.2, 0.25) is 0 Å². The van der Waals surface area contributed by atoms with Crippen LogP contribution in [-0.2, 0) is 95.6 Å². The number of nitrogens with zero attached hydrogens (tertiary/aromatic N) is 1. The number of halogens is 5. The molecule has 26 heteroatoms. The number of hydrogen-bond acceptors (Lipinski definition) is 16. The van der Waals surface area contributed by atoms with Gasteiger partial charge in [-0.2, -0.15) is 0 Å². The van der Waals surface area contributed by atoms with E-state index in [1.165, 1.54) is 82.5 Å². The van der Waals surface area contributed by atoms with E-state index in [0.717, 1.165) is 66.3 Å². The van der Waals surface area contributed by atoms with Gasteiger partial charge in [-0.15, -0.1) is 0 Å². The summed E-state index contributed by atoms with van der Waals surface area (Å²) in [4.78, 5) is 151. The Morgan fingerprint density at radius 1 is 0.463 bits per heavy atom. The van der Waals surface area contributed by atoms with Gasteiger partial charge in [-0.3, -0.25) is 47.9 Å². The molecule has 0 saturated carbocycles. The number of nitrogens with one attached hydrogen (secondary N) is 4. The quantitative estimate of drug-likeness (QED) is 0.0445. The van der Waals surface area contributed by atoms with Crippen LogP contribution >= 0.6 is 0 Å². The molecule has 21 nitrogen and oxygen atoms in total. The van der Waals surface area contributed by atoms with Gasteiger partial charge in [0.1, 0.15) is 47.3 Å². The number of esters is 1. The average Bonchev–Trinajstić information content (AvgIpc) is 1.31. The van der Waals surface area contributed by atoms with E-state index < -0.39 is 23.2 Å². The fourth-order valence-electron chi connectivity index (χ4n) is 15.1. The molecular formula is C82H91F5N6O15. The molecule has 0 fully saturated rings. The maximum Gasteiger partial charge on any atom is 0.343 e. The Bertz CT molecular complexity index is 4830. The molecule has 574 valence electrons. The third-order valence-corrected chi connectivity index (χ3v) is 20.6. The molecule has 5 aromatic carbocycles. The number of aliphatic hydroxyl groups is 1. The van der Waals surface area contributed by atoms with E-state index in [1.807, 2.05) is 6.92 Å². The number of fused-ring (bicyclic) bond motifs is 7. The third kappa shape index (κ3) is 18.4. The van der Waals surface area contributed by atoms with E-state index in [9.17, 15) is 89.4 Å². The SMILES string of the molecule is CC(=O)CC1CCc2c(C)c(F)cc(N)c2C1=O.CC(=O)CC1CCc2c(C)c(F)cc(NC(C)=O)c2C1=O.CC(=O)Nc1cc(F)c(C)c2c1C(=O)CCC2.CC(=O)Nc1cc(F)c(C)c2c1CCCC2.CC(=O)Nc1cc(F)c(C)c2c1CCCC2=O.CC[C@@]1(O)C(=O)OCc2c1cc1n(c2=O)CCC1=O. The Kier molecular flexibility index (Phi) is 27.0. The first-order valence-electron chi connectivity index (χ1n) is 36.1. The predicted molar refractivity (Wildman–Crippen MR) is 395 cm³/mol. The summed E-state index contributed by atoms with van der Waals surface area (Å²) in [6.07, 6.45) is 11.0. The Balaban J connectivity index is 0.000000164. The van der Waals surface area contributed by atoms with E-state index in [4.69, 9.17) is 10.5 Å². The summed E-state index contributed by atoms with van der Waals surface area (Å²) >= 11 is 0. The number of carbonyl (C=O) groups excluding carboxylic acids is 12. The van der Waals surface area contributed by atoms with E-state index in [2.05, 4.69) is 21.3 Å². The van der Waals surface area contributed by atoms with Crippen molar-refractivity contribution < 1.29 is 89.3 Å². The summed E-state index contributed by atoms with van der Waals surface area (Å²) in [6, 6.07) is 7.83. The van der Waals surface area contributed by atoms with Crippen molar-refractivity contribution in [2.75, 3.05) is 27.0 Å². The van der Waals surface area contributed by atoms with Crippen molar-refractivity contribution >= 4 is 98.5 Å². The molecule has 0 saturated heterocycles. The second-order valence-electron chi connectivity index (χ2n) is 28.4. The monoisotopic (exact) mass is 1490 g/mol. The number of amides is 4. The first-order chi connectivity index (χ1) is 50.8. The summed E-state index contributed by atoms with van der Waals surface area (Å²) in [5.74, 6) is -4.89. The normalized spacial score (nSPS) is 17.5. The zero-order valence-electron chi connectivity index (χ0n) is 62.8. The second-order valence-corrected chi connectivity index (χ2v) is 28.4. The summed E-state index contributed by atoms with van der Waals surface area (Å²) in [5.41, 5.74) is 15.5. The predicted octanol–water partition coefficient (Wildman–Crippen LogP) is 13.5. The fourth-order valence-corrected chi connectivity index (χ4v) is 15.1. The zero-order valence-corrected chi connectivity index (χ0v) is 62.8. The number of hydrogen-bond donors (Lipinski definition) is 6. The van der Waals surface area contributed by atoms with Crippen molar-refractivity contribution in [3.05, 3.63) is 176 Å². The summed E-state index contributed by atoms with van der Waals surface area (Å²) in [5, 5.41) is 20.8. The lowest BCUT2D eigenvalue weighted by Gasteiger charge is -2.31. The molecule has 108 heavy (non-hydrogen) atoms. The molecule has 5 aliphatic carbocycles. The van der Waals surface area contributed by atoms with Gasteiger partial charge in [0.2, 0.25) is 23.6 Å². The maximum absolute atomic E-state index is 13.9. The van der Waals surface area contributed by atoms with Crippen LogP contribution in [0.5, 0.6) is 0 Å². The minimum Gasteiger partial charge on any atom is -0.458 e. The molecule has 7 N–H and O–H groups in total. The van der Waals surface area contributed by atoms with E-state index >= 15 is 0 Å². The largest absolute Gasteiger partial charge is 0.458 e. The molecule has 6 aromatic rings. The smallest absolute Gasteiger partial charge is 0.343 e. The first kappa shape index (κ1) is 83.1. The van der Waals surface area contributed by atoms with Gasteiger partial charge in [0, 0.05) is 123 Å². The van der Waals surface area contributed by atoms with Gasteiger partial charge < -0.3 is 51.0 Å². The maximum atomic E-state index is 13.9. The van der Waals surface area contributed by atoms with Crippen molar-refractivity contribution in [1.82, 2.24) is 4.57 Å². The Hall–Kier alpha value is -10.5. The van der Waals surface area contributed by atoms with Crippen LogP contribution in [0.1, 0.15) is 250 Å². The number of aromatic nitrogens is 1. The highest BCUT2D eigenvalue weighted by Crippen LogP contribution is 2.40. The number of nitrogens with two attached hydrogens (primary N) is 1.